The topological polar surface area (TPSA) is 55.1 Å². The first-order chi connectivity index (χ1) is 11.1. The van der Waals surface area contributed by atoms with Crippen molar-refractivity contribution in [1.82, 2.24) is 10.3 Å². The quantitative estimate of drug-likeness (QED) is 0.775. The Hall–Kier alpha value is -2.62. The van der Waals surface area contributed by atoms with Crippen molar-refractivity contribution in [3.05, 3.63) is 65.7 Å². The number of carbonyl (C=O) groups excluding carboxylic acids is 1. The van der Waals surface area contributed by atoms with Gasteiger partial charge in [0.2, 0.25) is 0 Å². The zero-order chi connectivity index (χ0) is 16.4. The van der Waals surface area contributed by atoms with Gasteiger partial charge in [0.15, 0.2) is 0 Å². The molecule has 1 amide bonds. The fourth-order valence-corrected chi connectivity index (χ4v) is 2.56. The SMILES string of the molecule is CC(C)c1cc(C(=O)N[C@@H](C)c2ccco2)c2ccccc2n1. The molecule has 1 N–H and O–H groups in total. The van der Waals surface area contributed by atoms with Crippen molar-refractivity contribution in [2.24, 2.45) is 0 Å². The van der Waals surface area contributed by atoms with Crippen LogP contribution in [0, 0.1) is 0 Å². The molecule has 0 fully saturated rings. The molecule has 0 spiro atoms. The summed E-state index contributed by atoms with van der Waals surface area (Å²) >= 11 is 0. The maximum atomic E-state index is 12.8. The molecular formula is C19H20N2O2. The normalized spacial score (nSPS) is 12.5. The second kappa shape index (κ2) is 6.24. The Morgan fingerprint density at radius 3 is 2.61 bits per heavy atom. The number of furan rings is 1. The van der Waals surface area contributed by atoms with E-state index in [4.69, 9.17) is 4.42 Å². The highest BCUT2D eigenvalue weighted by atomic mass is 16.3. The van der Waals surface area contributed by atoms with E-state index in [9.17, 15) is 4.79 Å². The molecule has 4 nitrogen and oxygen atoms in total. The Kier molecular flexibility index (Phi) is 4.15. The minimum Gasteiger partial charge on any atom is -0.467 e. The lowest BCUT2D eigenvalue weighted by atomic mass is 10.0. The number of fused-ring (bicyclic) bond motifs is 1. The fraction of sp³-hybridized carbons (Fsp3) is 0.263. The van der Waals surface area contributed by atoms with Gasteiger partial charge in [0.05, 0.1) is 23.4 Å². The van der Waals surface area contributed by atoms with E-state index in [0.717, 1.165) is 22.4 Å². The van der Waals surface area contributed by atoms with E-state index in [1.54, 1.807) is 6.26 Å². The van der Waals surface area contributed by atoms with Crippen molar-refractivity contribution in [3.63, 3.8) is 0 Å². The molecule has 0 aliphatic heterocycles. The predicted octanol–water partition coefficient (Wildman–Crippen LogP) is 4.44. The van der Waals surface area contributed by atoms with Crippen LogP contribution in [0.1, 0.15) is 54.5 Å². The molecule has 0 radical (unpaired) electrons. The van der Waals surface area contributed by atoms with Crippen LogP contribution in [-0.2, 0) is 0 Å². The molecule has 3 rings (SSSR count). The number of hydrogen-bond acceptors (Lipinski definition) is 3. The summed E-state index contributed by atoms with van der Waals surface area (Å²) in [6, 6.07) is 13.1. The van der Waals surface area contributed by atoms with Crippen LogP contribution in [0.3, 0.4) is 0 Å². The van der Waals surface area contributed by atoms with Crippen LogP contribution in [0.25, 0.3) is 10.9 Å². The van der Waals surface area contributed by atoms with Crippen molar-refractivity contribution in [2.45, 2.75) is 32.7 Å². The maximum Gasteiger partial charge on any atom is 0.252 e. The summed E-state index contributed by atoms with van der Waals surface area (Å²) in [4.78, 5) is 17.4. The molecule has 0 unspecified atom stereocenters. The van der Waals surface area contributed by atoms with Gasteiger partial charge in [-0.05, 0) is 37.1 Å². The average Bonchev–Trinajstić information content (AvgIpc) is 3.08. The number of pyridine rings is 1. The number of aromatic nitrogens is 1. The Labute approximate surface area is 135 Å². The Balaban J connectivity index is 1.99. The van der Waals surface area contributed by atoms with Crippen LogP contribution in [0.5, 0.6) is 0 Å². The van der Waals surface area contributed by atoms with Crippen molar-refractivity contribution >= 4 is 16.8 Å². The lowest BCUT2D eigenvalue weighted by Crippen LogP contribution is -2.26. The molecule has 118 valence electrons. The van der Waals surface area contributed by atoms with Gasteiger partial charge >= 0.3 is 0 Å². The fourth-order valence-electron chi connectivity index (χ4n) is 2.56. The minimum absolute atomic E-state index is 0.116. The zero-order valence-corrected chi connectivity index (χ0v) is 13.5. The second-order valence-corrected chi connectivity index (χ2v) is 5.98. The monoisotopic (exact) mass is 308 g/mol. The van der Waals surface area contributed by atoms with Gasteiger partial charge in [0.1, 0.15) is 5.76 Å². The first-order valence-corrected chi connectivity index (χ1v) is 7.80. The minimum atomic E-state index is -0.188. The van der Waals surface area contributed by atoms with Crippen molar-refractivity contribution in [1.29, 1.82) is 0 Å². The van der Waals surface area contributed by atoms with Crippen LogP contribution < -0.4 is 5.32 Å². The summed E-state index contributed by atoms with van der Waals surface area (Å²) in [5.41, 5.74) is 2.41. The summed E-state index contributed by atoms with van der Waals surface area (Å²) in [7, 11) is 0. The van der Waals surface area contributed by atoms with E-state index in [1.165, 1.54) is 0 Å². The van der Waals surface area contributed by atoms with Gasteiger partial charge in [-0.2, -0.15) is 0 Å². The first-order valence-electron chi connectivity index (χ1n) is 7.80. The number of amides is 1. The molecule has 0 saturated heterocycles. The molecule has 1 aromatic carbocycles. The third-order valence-electron chi connectivity index (χ3n) is 3.89. The average molecular weight is 308 g/mol. The molecule has 2 aromatic heterocycles. The zero-order valence-electron chi connectivity index (χ0n) is 13.5. The summed E-state index contributed by atoms with van der Waals surface area (Å²) in [6.45, 7) is 6.05. The smallest absolute Gasteiger partial charge is 0.252 e. The number of para-hydroxylation sites is 1. The van der Waals surface area contributed by atoms with E-state index in [0.29, 0.717) is 5.56 Å². The van der Waals surface area contributed by atoms with Crippen molar-refractivity contribution in [3.8, 4) is 0 Å². The molecule has 4 heteroatoms. The highest BCUT2D eigenvalue weighted by Gasteiger charge is 2.17. The van der Waals surface area contributed by atoms with Crippen LogP contribution in [-0.4, -0.2) is 10.9 Å². The number of rotatable bonds is 4. The molecule has 0 saturated carbocycles. The van der Waals surface area contributed by atoms with Gasteiger partial charge < -0.3 is 9.73 Å². The predicted molar refractivity (Wildman–Crippen MR) is 90.4 cm³/mol. The highest BCUT2D eigenvalue weighted by Crippen LogP contribution is 2.23. The van der Waals surface area contributed by atoms with Crippen LogP contribution >= 0.6 is 0 Å². The maximum absolute atomic E-state index is 12.8. The molecule has 2 heterocycles. The van der Waals surface area contributed by atoms with Crippen LogP contribution in [0.2, 0.25) is 0 Å². The number of benzene rings is 1. The van der Waals surface area contributed by atoms with E-state index >= 15 is 0 Å². The molecular weight excluding hydrogens is 288 g/mol. The van der Waals surface area contributed by atoms with Crippen LogP contribution in [0.4, 0.5) is 0 Å². The van der Waals surface area contributed by atoms with E-state index in [2.05, 4.69) is 24.1 Å². The summed E-state index contributed by atoms with van der Waals surface area (Å²) < 4.78 is 5.35. The number of nitrogens with one attached hydrogen (secondary N) is 1. The molecule has 1 atom stereocenters. The Morgan fingerprint density at radius 2 is 1.91 bits per heavy atom. The van der Waals surface area contributed by atoms with Gasteiger partial charge in [-0.15, -0.1) is 0 Å². The van der Waals surface area contributed by atoms with Gasteiger partial charge in [-0.3, -0.25) is 9.78 Å². The summed E-state index contributed by atoms with van der Waals surface area (Å²) in [6.07, 6.45) is 1.61. The van der Waals surface area contributed by atoms with Gasteiger partial charge in [0, 0.05) is 11.1 Å². The summed E-state index contributed by atoms with van der Waals surface area (Å²) in [5, 5.41) is 3.86. The highest BCUT2D eigenvalue weighted by molar-refractivity contribution is 6.06. The number of carbonyl (C=O) groups is 1. The van der Waals surface area contributed by atoms with Gasteiger partial charge in [0.25, 0.3) is 5.91 Å². The van der Waals surface area contributed by atoms with Gasteiger partial charge in [-0.25, -0.2) is 0 Å². The van der Waals surface area contributed by atoms with E-state index < -0.39 is 0 Å². The lowest BCUT2D eigenvalue weighted by molar-refractivity contribution is 0.0937. The Bertz CT molecular complexity index is 823. The van der Waals surface area contributed by atoms with E-state index in [1.807, 2.05) is 49.4 Å². The number of hydrogen-bond donors (Lipinski definition) is 1. The van der Waals surface area contributed by atoms with Crippen molar-refractivity contribution < 1.29 is 9.21 Å². The molecule has 0 aliphatic rings. The third-order valence-corrected chi connectivity index (χ3v) is 3.89. The standard InChI is InChI=1S/C19H20N2O2/c1-12(2)17-11-15(14-7-4-5-8-16(14)21-17)19(22)20-13(3)18-9-6-10-23-18/h4-13H,1-3H3,(H,20,22)/t13-/m0/s1. The van der Waals surface area contributed by atoms with Crippen LogP contribution in [0.15, 0.2) is 53.1 Å². The van der Waals surface area contributed by atoms with Crippen molar-refractivity contribution in [2.75, 3.05) is 0 Å². The molecule has 0 bridgehead atoms. The Morgan fingerprint density at radius 1 is 1.13 bits per heavy atom. The molecule has 3 aromatic rings. The summed E-state index contributed by atoms with van der Waals surface area (Å²) in [5.74, 6) is 0.879. The first kappa shape index (κ1) is 15.3. The molecule has 23 heavy (non-hydrogen) atoms. The third kappa shape index (κ3) is 3.11. The van der Waals surface area contributed by atoms with Gasteiger partial charge in [-0.1, -0.05) is 32.0 Å². The molecule has 0 aliphatic carbocycles. The lowest BCUT2D eigenvalue weighted by Gasteiger charge is -2.15. The number of nitrogens with zero attached hydrogens (tertiary/aromatic N) is 1. The largest absolute Gasteiger partial charge is 0.467 e. The van der Waals surface area contributed by atoms with E-state index in [-0.39, 0.29) is 17.9 Å². The second-order valence-electron chi connectivity index (χ2n) is 5.98.